The zero-order valence-electron chi connectivity index (χ0n) is 69.6. The summed E-state index contributed by atoms with van der Waals surface area (Å²) in [6.45, 7) is 4.86. The van der Waals surface area contributed by atoms with Crippen LogP contribution in [0.1, 0.15) is 211 Å². The van der Waals surface area contributed by atoms with Crippen LogP contribution in [0.2, 0.25) is 0 Å². The number of fused-ring (bicyclic) bond motifs is 12. The first kappa shape index (κ1) is 69.0. The lowest BCUT2D eigenvalue weighted by Gasteiger charge is -2.61. The molecule has 20 aliphatic rings. The van der Waals surface area contributed by atoms with Crippen LogP contribution in [0.25, 0.3) is 66.8 Å². The van der Waals surface area contributed by atoms with Gasteiger partial charge in [-0.2, -0.15) is 0 Å². The molecule has 16 bridgehead atoms. The summed E-state index contributed by atoms with van der Waals surface area (Å²) < 4.78 is 0. The molecule has 16 fully saturated rings. The number of benzene rings is 12. The highest BCUT2D eigenvalue weighted by atomic mass is 15.2. The third-order valence-electron chi connectivity index (χ3n) is 38.1. The fraction of sp³-hybridized carbons (Fsp3) is 0.385. The van der Waals surface area contributed by atoms with Crippen molar-refractivity contribution in [3.05, 3.63) is 323 Å². The molecule has 12 aromatic rings. The first-order valence-electron chi connectivity index (χ1n) is 47.6. The topological polar surface area (TPSA) is 6.48 Å². The number of hydrogen-bond acceptors (Lipinski definition) is 2. The third-order valence-corrected chi connectivity index (χ3v) is 38.1. The Hall–Kier alpha value is -9.76. The van der Waals surface area contributed by atoms with E-state index in [4.69, 9.17) is 0 Å². The van der Waals surface area contributed by atoms with Crippen molar-refractivity contribution in [2.24, 2.45) is 94.7 Å². The molecule has 0 radical (unpaired) electrons. The second-order valence-electron chi connectivity index (χ2n) is 42.5. The SMILES string of the molecule is CCC(CC)(c1ccc(-c2cccc(N(c3ccc4c(c3)C3(c5ccccc5-4)C4CC5CC(C4)CC3C5)c3ccc4c(c3)C3(c5ccccc5-4)C4CC5CC(C4)CC3C5)c2)cc1)c1ccc(-c2cccc(N(c3ccc4c(c3)C3(c5ccccc5-4)C4CC5CC(C4)CC3C5)c3ccc4c(c3)C3(c5ccccc5-4)C4CC5CC(C4)CC3C5)c2)cc1. The molecule has 0 aromatic heterocycles. The van der Waals surface area contributed by atoms with E-state index in [1.807, 2.05) is 0 Å². The predicted octanol–water partition coefficient (Wildman–Crippen LogP) is 30.0. The summed E-state index contributed by atoms with van der Waals surface area (Å²) in [5.74, 6) is 12.8. The molecule has 588 valence electrons. The summed E-state index contributed by atoms with van der Waals surface area (Å²) in [5.41, 5.74) is 40.7. The van der Waals surface area contributed by atoms with Crippen LogP contribution < -0.4 is 9.80 Å². The Morgan fingerprint density at radius 2 is 0.437 bits per heavy atom. The van der Waals surface area contributed by atoms with E-state index in [9.17, 15) is 0 Å². The van der Waals surface area contributed by atoms with Crippen LogP contribution in [0, 0.1) is 94.7 Å². The molecule has 32 rings (SSSR count). The molecule has 4 spiro atoms. The van der Waals surface area contributed by atoms with Crippen molar-refractivity contribution in [2.45, 2.75) is 182 Å². The lowest BCUT2D eigenvalue weighted by molar-refractivity contribution is -0.0399. The second-order valence-corrected chi connectivity index (χ2v) is 42.5. The normalized spacial score (nSPS) is 33.2. The highest BCUT2D eigenvalue weighted by Crippen LogP contribution is 2.75. The van der Waals surface area contributed by atoms with Gasteiger partial charge in [-0.3, -0.25) is 0 Å². The lowest BCUT2D eigenvalue weighted by Crippen LogP contribution is -2.55. The Kier molecular flexibility index (Phi) is 14.3. The predicted molar refractivity (Wildman–Crippen MR) is 488 cm³/mol. The maximum Gasteiger partial charge on any atom is 0.0467 e. The molecule has 2 nitrogen and oxygen atoms in total. The minimum atomic E-state index is -0.165. The van der Waals surface area contributed by atoms with Gasteiger partial charge in [0, 0.05) is 61.2 Å². The van der Waals surface area contributed by atoms with Gasteiger partial charge in [0.25, 0.3) is 0 Å². The van der Waals surface area contributed by atoms with Gasteiger partial charge < -0.3 is 9.80 Å². The molecule has 12 aromatic carbocycles. The van der Waals surface area contributed by atoms with Crippen LogP contribution in [-0.4, -0.2) is 0 Å². The van der Waals surface area contributed by atoms with Crippen LogP contribution in [0.3, 0.4) is 0 Å². The first-order valence-corrected chi connectivity index (χ1v) is 47.6. The first-order chi connectivity index (χ1) is 58.6. The molecule has 119 heavy (non-hydrogen) atoms. The Balaban J connectivity index is 0.534. The maximum atomic E-state index is 2.75. The summed E-state index contributed by atoms with van der Waals surface area (Å²) >= 11 is 0. The largest absolute Gasteiger partial charge is 0.310 e. The highest BCUT2D eigenvalue weighted by Gasteiger charge is 2.67. The van der Waals surface area contributed by atoms with Crippen molar-refractivity contribution in [3.63, 3.8) is 0 Å². The van der Waals surface area contributed by atoms with Crippen LogP contribution in [0.5, 0.6) is 0 Å². The Labute approximate surface area is 705 Å². The average Bonchev–Trinajstić information content (AvgIpc) is 1.56. The van der Waals surface area contributed by atoms with Crippen LogP contribution in [0.15, 0.2) is 267 Å². The van der Waals surface area contributed by atoms with Gasteiger partial charge in [-0.15, -0.1) is 0 Å². The molecule has 0 saturated heterocycles. The molecule has 0 atom stereocenters. The van der Waals surface area contributed by atoms with Crippen molar-refractivity contribution >= 4 is 34.1 Å². The quantitative estimate of drug-likeness (QED) is 0.120. The van der Waals surface area contributed by atoms with Crippen LogP contribution in [0.4, 0.5) is 34.1 Å². The van der Waals surface area contributed by atoms with E-state index in [0.717, 1.165) is 60.2 Å². The zero-order valence-corrected chi connectivity index (χ0v) is 69.6. The van der Waals surface area contributed by atoms with Gasteiger partial charge in [0.15, 0.2) is 0 Å². The van der Waals surface area contributed by atoms with E-state index in [0.29, 0.717) is 47.3 Å². The molecular weight excluding hydrogens is 1430 g/mol. The van der Waals surface area contributed by atoms with Gasteiger partial charge in [0.2, 0.25) is 0 Å². The summed E-state index contributed by atoms with van der Waals surface area (Å²) in [5, 5.41) is 0. The molecule has 16 saturated carbocycles. The van der Waals surface area contributed by atoms with Crippen molar-refractivity contribution in [3.8, 4) is 66.8 Å². The fourth-order valence-corrected chi connectivity index (χ4v) is 34.9. The molecule has 0 heterocycles. The van der Waals surface area contributed by atoms with Gasteiger partial charge in [0.1, 0.15) is 0 Å². The fourth-order valence-electron chi connectivity index (χ4n) is 34.9. The average molecular weight is 1540 g/mol. The zero-order chi connectivity index (χ0) is 77.7. The third kappa shape index (κ3) is 9.01. The minimum absolute atomic E-state index is 0.0737. The summed E-state index contributed by atoms with van der Waals surface area (Å²) in [6.07, 6.45) is 30.0. The standard InChI is InChI=1S/C117H110N2/c1-3-113(4-2,81-31-27-77(28-32-81)79-15-13-17-91(63-79)118(93-35-39-101-97-19-5-9-23-105(97)114(109(101)65-93)83-47-69-43-70(49-83)50-84(114)48-69)94-36-40-102-98-20-6-10-24-106(98)115(110(102)66-94)85-51-71-44-72(53-85)54-86(115)52-71)82-33-29-78(30-34-82)80-16-14-18-92(64-80)119(95-37-41-103-99-21-7-11-25-107(99)116(111(103)67-95)87-55-73-45-74(57-87)58-88(116)56-73)96-38-42-104-100-22-8-12-26-108(100)117(112(104)68-96)89-59-75-46-76(61-89)62-90(117)60-75/h5-42,63-76,83-90H,3-4,43-62H2,1-2H3. The van der Waals surface area contributed by atoms with E-state index >= 15 is 0 Å². The molecule has 0 amide bonds. The smallest absolute Gasteiger partial charge is 0.0467 e. The summed E-state index contributed by atoms with van der Waals surface area (Å²) in [4.78, 5) is 5.45. The number of nitrogens with zero attached hydrogens (tertiary/aromatic N) is 2. The van der Waals surface area contributed by atoms with E-state index in [1.165, 1.54) is 240 Å². The van der Waals surface area contributed by atoms with Gasteiger partial charge in [-0.05, 0) is 431 Å². The van der Waals surface area contributed by atoms with Crippen molar-refractivity contribution in [1.29, 1.82) is 0 Å². The Bertz CT molecular complexity index is 5480. The Morgan fingerprint density at radius 3 is 0.681 bits per heavy atom. The second kappa shape index (κ2) is 24.8. The molecule has 20 aliphatic carbocycles. The summed E-state index contributed by atoms with van der Waals surface area (Å²) in [7, 11) is 0. The van der Waals surface area contributed by atoms with Gasteiger partial charge >= 0.3 is 0 Å². The molecule has 0 unspecified atom stereocenters. The van der Waals surface area contributed by atoms with Crippen LogP contribution >= 0.6 is 0 Å². The van der Waals surface area contributed by atoms with E-state index in [1.54, 1.807) is 44.5 Å². The highest BCUT2D eigenvalue weighted by molar-refractivity contribution is 5.93. The molecule has 0 aliphatic heterocycles. The van der Waals surface area contributed by atoms with Crippen molar-refractivity contribution in [1.82, 2.24) is 0 Å². The number of hydrogen-bond donors (Lipinski definition) is 0. The number of rotatable bonds is 12. The van der Waals surface area contributed by atoms with Gasteiger partial charge in [0.05, 0.1) is 0 Å². The van der Waals surface area contributed by atoms with Crippen molar-refractivity contribution < 1.29 is 0 Å². The van der Waals surface area contributed by atoms with Gasteiger partial charge in [-0.1, -0.05) is 208 Å². The minimum Gasteiger partial charge on any atom is -0.310 e. The van der Waals surface area contributed by atoms with E-state index < -0.39 is 0 Å². The number of anilines is 6. The van der Waals surface area contributed by atoms with Crippen LogP contribution in [-0.2, 0) is 27.1 Å². The molecule has 2 heteroatoms. The Morgan fingerprint density at radius 1 is 0.210 bits per heavy atom. The lowest BCUT2D eigenvalue weighted by atomic mass is 9.43. The molecular formula is C117H110N2. The monoisotopic (exact) mass is 1540 g/mol. The molecule has 0 N–H and O–H groups in total. The van der Waals surface area contributed by atoms with E-state index in [2.05, 4.69) is 291 Å². The van der Waals surface area contributed by atoms with Gasteiger partial charge in [-0.25, -0.2) is 0 Å². The summed E-state index contributed by atoms with van der Waals surface area (Å²) in [6, 6.07) is 109. The van der Waals surface area contributed by atoms with E-state index in [-0.39, 0.29) is 27.1 Å². The maximum absolute atomic E-state index is 2.75. The van der Waals surface area contributed by atoms with Crippen molar-refractivity contribution in [2.75, 3.05) is 9.80 Å².